The summed E-state index contributed by atoms with van der Waals surface area (Å²) in [4.78, 5) is 28.3. The highest BCUT2D eigenvalue weighted by Crippen LogP contribution is 2.43. The zero-order chi connectivity index (χ0) is 18.6. The molecule has 0 aliphatic carbocycles. The maximum absolute atomic E-state index is 13.2. The number of amides is 2. The lowest BCUT2D eigenvalue weighted by molar-refractivity contribution is -0.134. The Hall–Kier alpha value is -1.56. The van der Waals surface area contributed by atoms with Crippen LogP contribution < -0.4 is 0 Å². The van der Waals surface area contributed by atoms with Crippen LogP contribution in [0.15, 0.2) is 24.3 Å². The molecule has 0 unspecified atom stereocenters. The maximum atomic E-state index is 13.2. The van der Waals surface area contributed by atoms with E-state index in [4.69, 9.17) is 0 Å². The van der Waals surface area contributed by atoms with Crippen molar-refractivity contribution in [3.8, 4) is 0 Å². The molecule has 1 aromatic carbocycles. The topological polar surface area (TPSA) is 40.6 Å². The molecule has 1 aliphatic heterocycles. The van der Waals surface area contributed by atoms with Crippen LogP contribution in [0.2, 0.25) is 0 Å². The predicted octanol–water partition coefficient (Wildman–Crippen LogP) is 3.68. The molecule has 0 N–H and O–H groups in total. The first-order valence-electron chi connectivity index (χ1n) is 8.78. The van der Waals surface area contributed by atoms with Gasteiger partial charge in [0.2, 0.25) is 11.8 Å². The van der Waals surface area contributed by atoms with E-state index >= 15 is 0 Å². The number of halogens is 1. The Morgan fingerprint density at radius 3 is 2.52 bits per heavy atom. The number of hydrogen-bond acceptors (Lipinski definition) is 3. The van der Waals surface area contributed by atoms with Crippen molar-refractivity contribution in [3.05, 3.63) is 35.6 Å². The molecule has 1 fully saturated rings. The third kappa shape index (κ3) is 4.97. The second-order valence-corrected chi connectivity index (χ2v) is 8.17. The van der Waals surface area contributed by atoms with Crippen molar-refractivity contribution < 1.29 is 14.0 Å². The first-order valence-corrected chi connectivity index (χ1v) is 9.73. The van der Waals surface area contributed by atoms with Crippen LogP contribution in [0.1, 0.15) is 44.6 Å². The van der Waals surface area contributed by atoms with E-state index in [1.165, 1.54) is 12.1 Å². The van der Waals surface area contributed by atoms with Gasteiger partial charge >= 0.3 is 0 Å². The van der Waals surface area contributed by atoms with Gasteiger partial charge < -0.3 is 9.80 Å². The molecule has 2 amide bonds. The molecule has 2 rings (SSSR count). The smallest absolute Gasteiger partial charge is 0.237 e. The summed E-state index contributed by atoms with van der Waals surface area (Å²) in [6, 6.07) is 6.32. The quantitative estimate of drug-likeness (QED) is 0.739. The van der Waals surface area contributed by atoms with Gasteiger partial charge in [-0.15, -0.1) is 11.8 Å². The van der Waals surface area contributed by atoms with Gasteiger partial charge in [-0.25, -0.2) is 4.39 Å². The van der Waals surface area contributed by atoms with Gasteiger partial charge in [-0.3, -0.25) is 9.59 Å². The second-order valence-electron chi connectivity index (χ2n) is 6.88. The van der Waals surface area contributed by atoms with Crippen LogP contribution in [0.5, 0.6) is 0 Å². The van der Waals surface area contributed by atoms with E-state index in [0.29, 0.717) is 25.4 Å². The fraction of sp³-hybridized carbons (Fsp3) is 0.579. The largest absolute Gasteiger partial charge is 0.344 e. The summed E-state index contributed by atoms with van der Waals surface area (Å²) in [5, 5.41) is -0.196. The second kappa shape index (κ2) is 8.70. The molecule has 0 aromatic heterocycles. The predicted molar refractivity (Wildman–Crippen MR) is 99.6 cm³/mol. The molecular formula is C19H27FN2O2S. The highest BCUT2D eigenvalue weighted by Gasteiger charge is 2.39. The fourth-order valence-corrected chi connectivity index (χ4v) is 4.29. The maximum Gasteiger partial charge on any atom is 0.237 e. The van der Waals surface area contributed by atoms with E-state index in [2.05, 4.69) is 0 Å². The van der Waals surface area contributed by atoms with Crippen LogP contribution in [0.3, 0.4) is 0 Å². The third-order valence-corrected chi connectivity index (χ3v) is 5.99. The lowest BCUT2D eigenvalue weighted by Crippen LogP contribution is -2.39. The molecule has 1 saturated heterocycles. The van der Waals surface area contributed by atoms with Crippen LogP contribution in [-0.4, -0.2) is 47.0 Å². The SMILES string of the molecule is CC[C@@H]1S[C@H](c2ccc(F)cc2)N(CCN(C)C(=O)CC(C)C)C1=O. The number of benzene rings is 1. The first kappa shape index (κ1) is 19.8. The Morgan fingerprint density at radius 1 is 1.32 bits per heavy atom. The molecule has 138 valence electrons. The van der Waals surface area contributed by atoms with E-state index in [-0.39, 0.29) is 28.3 Å². The fourth-order valence-electron chi connectivity index (χ4n) is 2.86. The van der Waals surface area contributed by atoms with E-state index in [1.54, 1.807) is 35.8 Å². The molecule has 2 atom stereocenters. The normalized spacial score (nSPS) is 20.4. The number of carbonyl (C=O) groups excluding carboxylic acids is 2. The van der Waals surface area contributed by atoms with Crippen molar-refractivity contribution >= 4 is 23.6 Å². The van der Waals surface area contributed by atoms with Gasteiger partial charge in [0.05, 0.1) is 5.25 Å². The summed E-state index contributed by atoms with van der Waals surface area (Å²) < 4.78 is 13.2. The zero-order valence-electron chi connectivity index (χ0n) is 15.4. The van der Waals surface area contributed by atoms with Crippen molar-refractivity contribution in [2.24, 2.45) is 5.92 Å². The first-order chi connectivity index (χ1) is 11.8. The van der Waals surface area contributed by atoms with Gasteiger partial charge in [-0.05, 0) is 30.0 Å². The van der Waals surface area contributed by atoms with Crippen molar-refractivity contribution in [1.82, 2.24) is 9.80 Å². The van der Waals surface area contributed by atoms with Crippen molar-refractivity contribution in [2.75, 3.05) is 20.1 Å². The Bertz CT molecular complexity index is 606. The van der Waals surface area contributed by atoms with Crippen LogP contribution in [0.25, 0.3) is 0 Å². The number of hydrogen-bond donors (Lipinski definition) is 0. The van der Waals surface area contributed by atoms with Gasteiger partial charge in [0.15, 0.2) is 0 Å². The Labute approximate surface area is 153 Å². The van der Waals surface area contributed by atoms with Gasteiger partial charge in [0, 0.05) is 26.6 Å². The highest BCUT2D eigenvalue weighted by molar-refractivity contribution is 8.01. The molecule has 25 heavy (non-hydrogen) atoms. The lowest BCUT2D eigenvalue weighted by atomic mass is 10.1. The average Bonchev–Trinajstić information content (AvgIpc) is 2.88. The molecule has 6 heteroatoms. The minimum Gasteiger partial charge on any atom is -0.344 e. The summed E-state index contributed by atoms with van der Waals surface area (Å²) in [7, 11) is 1.78. The van der Waals surface area contributed by atoms with Crippen LogP contribution >= 0.6 is 11.8 Å². The van der Waals surface area contributed by atoms with E-state index in [9.17, 15) is 14.0 Å². The number of thioether (sulfide) groups is 1. The van der Waals surface area contributed by atoms with Gasteiger partial charge in [0.25, 0.3) is 0 Å². The number of likely N-dealkylation sites (N-methyl/N-ethyl adjacent to an activating group) is 1. The Morgan fingerprint density at radius 2 is 1.96 bits per heavy atom. The van der Waals surface area contributed by atoms with Gasteiger partial charge in [-0.2, -0.15) is 0 Å². The number of rotatable bonds is 7. The van der Waals surface area contributed by atoms with Crippen LogP contribution in [0, 0.1) is 11.7 Å². The molecule has 0 spiro atoms. The van der Waals surface area contributed by atoms with E-state index in [0.717, 1.165) is 12.0 Å². The minimum atomic E-state index is -0.282. The molecule has 0 radical (unpaired) electrons. The van der Waals surface area contributed by atoms with Gasteiger partial charge in [0.1, 0.15) is 11.2 Å². The summed E-state index contributed by atoms with van der Waals surface area (Å²) in [6.07, 6.45) is 1.28. The zero-order valence-corrected chi connectivity index (χ0v) is 16.2. The van der Waals surface area contributed by atoms with Crippen molar-refractivity contribution in [3.63, 3.8) is 0 Å². The molecule has 4 nitrogen and oxygen atoms in total. The van der Waals surface area contributed by atoms with Crippen molar-refractivity contribution in [2.45, 2.75) is 44.2 Å². The summed E-state index contributed by atoms with van der Waals surface area (Å²) in [5.74, 6) is 0.234. The van der Waals surface area contributed by atoms with Crippen molar-refractivity contribution in [1.29, 1.82) is 0 Å². The summed E-state index contributed by atoms with van der Waals surface area (Å²) in [5.41, 5.74) is 0.923. The Kier molecular flexibility index (Phi) is 6.87. The molecular weight excluding hydrogens is 339 g/mol. The number of nitrogens with zero attached hydrogens (tertiary/aromatic N) is 2. The summed E-state index contributed by atoms with van der Waals surface area (Å²) >= 11 is 1.61. The standard InChI is InChI=1S/C19H27FN2O2S/c1-5-16-18(24)22(11-10-21(4)17(23)12-13(2)3)19(25-16)14-6-8-15(20)9-7-14/h6-9,13,16,19H,5,10-12H2,1-4H3/t16-,19+/m0/s1. The molecule has 1 aliphatic rings. The third-order valence-electron chi connectivity index (χ3n) is 4.35. The molecule has 0 saturated carbocycles. The molecule has 0 bridgehead atoms. The van der Waals surface area contributed by atoms with E-state index < -0.39 is 0 Å². The van der Waals surface area contributed by atoms with Crippen LogP contribution in [0.4, 0.5) is 4.39 Å². The summed E-state index contributed by atoms with van der Waals surface area (Å²) in [6.45, 7) is 7.03. The van der Waals surface area contributed by atoms with Crippen LogP contribution in [-0.2, 0) is 9.59 Å². The molecule has 1 heterocycles. The lowest BCUT2D eigenvalue weighted by Gasteiger charge is -2.27. The minimum absolute atomic E-state index is 0.0771. The monoisotopic (exact) mass is 366 g/mol. The number of carbonyl (C=O) groups is 2. The highest BCUT2D eigenvalue weighted by atomic mass is 32.2. The van der Waals surface area contributed by atoms with Gasteiger partial charge in [-0.1, -0.05) is 32.9 Å². The van der Waals surface area contributed by atoms with E-state index in [1.807, 2.05) is 25.7 Å². The average molecular weight is 367 g/mol. The Balaban J connectivity index is 2.07. The molecule has 1 aromatic rings.